The standard InChI is InChI=1S/C34H23Cl2FN2O3/c35-26-9-7-24(32(36)18-26)21-41-29-14-12-28(13-15-29)39-34(40)25(19-38)17-31-30-4-2-1-3-23(30)8-16-33(31)42-20-22-5-10-27(37)11-6-22/h1-18H,20-21H2,(H,39,40)/b25-17+. The number of benzene rings is 5. The Kier molecular flexibility index (Phi) is 9.03. The molecule has 1 N–H and O–H groups in total. The zero-order chi connectivity index (χ0) is 29.5. The Balaban J connectivity index is 1.33. The van der Waals surface area contributed by atoms with Gasteiger partial charge in [0, 0.05) is 26.9 Å². The molecule has 0 aliphatic carbocycles. The van der Waals surface area contributed by atoms with Crippen molar-refractivity contribution >= 4 is 51.6 Å². The molecule has 0 radical (unpaired) electrons. The van der Waals surface area contributed by atoms with Crippen LogP contribution in [0.5, 0.6) is 11.5 Å². The first kappa shape index (κ1) is 28.7. The van der Waals surface area contributed by atoms with Crippen LogP contribution in [-0.2, 0) is 18.0 Å². The van der Waals surface area contributed by atoms with Crippen LogP contribution >= 0.6 is 23.2 Å². The Morgan fingerprint density at radius 3 is 2.38 bits per heavy atom. The van der Waals surface area contributed by atoms with Gasteiger partial charge in [-0.3, -0.25) is 4.79 Å². The minimum absolute atomic E-state index is 0.101. The summed E-state index contributed by atoms with van der Waals surface area (Å²) in [6.07, 6.45) is 1.52. The summed E-state index contributed by atoms with van der Waals surface area (Å²) >= 11 is 12.2. The third-order valence-electron chi connectivity index (χ3n) is 6.41. The molecule has 5 aromatic carbocycles. The highest BCUT2D eigenvalue weighted by molar-refractivity contribution is 6.35. The maximum Gasteiger partial charge on any atom is 0.266 e. The number of carbonyl (C=O) groups excluding carboxylic acids is 1. The number of amides is 1. The van der Waals surface area contributed by atoms with E-state index in [9.17, 15) is 14.4 Å². The van der Waals surface area contributed by atoms with Crippen LogP contribution in [0.25, 0.3) is 16.8 Å². The van der Waals surface area contributed by atoms with Crippen molar-refractivity contribution in [2.75, 3.05) is 5.32 Å². The lowest BCUT2D eigenvalue weighted by Gasteiger charge is -2.13. The highest BCUT2D eigenvalue weighted by Gasteiger charge is 2.14. The molecule has 0 unspecified atom stereocenters. The molecule has 1 amide bonds. The van der Waals surface area contributed by atoms with E-state index in [0.717, 1.165) is 21.9 Å². The van der Waals surface area contributed by atoms with E-state index < -0.39 is 5.91 Å². The van der Waals surface area contributed by atoms with Crippen molar-refractivity contribution in [3.8, 4) is 17.6 Å². The van der Waals surface area contributed by atoms with Crippen LogP contribution in [-0.4, -0.2) is 5.91 Å². The molecule has 0 spiro atoms. The van der Waals surface area contributed by atoms with Crippen LogP contribution < -0.4 is 14.8 Å². The lowest BCUT2D eigenvalue weighted by molar-refractivity contribution is -0.112. The number of halogens is 3. The van der Waals surface area contributed by atoms with Gasteiger partial charge in [-0.25, -0.2) is 4.39 Å². The summed E-state index contributed by atoms with van der Waals surface area (Å²) in [5.74, 6) is 0.161. The van der Waals surface area contributed by atoms with E-state index in [1.807, 2.05) is 36.4 Å². The summed E-state index contributed by atoms with van der Waals surface area (Å²) in [6.45, 7) is 0.436. The fourth-order valence-corrected chi connectivity index (χ4v) is 4.68. The molecular weight excluding hydrogens is 574 g/mol. The van der Waals surface area contributed by atoms with Crippen molar-refractivity contribution in [2.45, 2.75) is 13.2 Å². The van der Waals surface area contributed by atoms with Crippen LogP contribution in [0, 0.1) is 17.1 Å². The zero-order valence-corrected chi connectivity index (χ0v) is 23.6. The number of hydrogen-bond donors (Lipinski definition) is 1. The minimum atomic E-state index is -0.573. The van der Waals surface area contributed by atoms with Gasteiger partial charge in [0.1, 0.15) is 42.2 Å². The Bertz CT molecular complexity index is 1810. The highest BCUT2D eigenvalue weighted by Crippen LogP contribution is 2.31. The van der Waals surface area contributed by atoms with Gasteiger partial charge < -0.3 is 14.8 Å². The molecule has 0 saturated heterocycles. The van der Waals surface area contributed by atoms with Gasteiger partial charge in [-0.1, -0.05) is 71.7 Å². The largest absolute Gasteiger partial charge is 0.489 e. The quantitative estimate of drug-likeness (QED) is 0.136. The number of rotatable bonds is 9. The predicted molar refractivity (Wildman–Crippen MR) is 164 cm³/mol. The van der Waals surface area contributed by atoms with Crippen molar-refractivity contribution in [1.82, 2.24) is 0 Å². The van der Waals surface area contributed by atoms with Gasteiger partial charge in [0.2, 0.25) is 0 Å². The van der Waals surface area contributed by atoms with E-state index in [2.05, 4.69) is 5.32 Å². The van der Waals surface area contributed by atoms with Crippen LogP contribution in [0.3, 0.4) is 0 Å². The zero-order valence-electron chi connectivity index (χ0n) is 22.1. The van der Waals surface area contributed by atoms with E-state index in [4.69, 9.17) is 32.7 Å². The molecule has 0 aliphatic rings. The number of nitrogens with zero attached hydrogens (tertiary/aromatic N) is 1. The third-order valence-corrected chi connectivity index (χ3v) is 7.00. The predicted octanol–water partition coefficient (Wildman–Crippen LogP) is 8.99. The molecule has 5 rings (SSSR count). The molecule has 0 aliphatic heterocycles. The summed E-state index contributed by atoms with van der Waals surface area (Å²) in [6, 6.07) is 31.3. The monoisotopic (exact) mass is 596 g/mol. The van der Waals surface area contributed by atoms with E-state index in [-0.39, 0.29) is 24.6 Å². The fraction of sp³-hybridized carbons (Fsp3) is 0.0588. The molecule has 8 heteroatoms. The first-order valence-electron chi connectivity index (χ1n) is 12.9. The Morgan fingerprint density at radius 2 is 1.64 bits per heavy atom. The first-order chi connectivity index (χ1) is 20.4. The lowest BCUT2D eigenvalue weighted by Crippen LogP contribution is -2.13. The van der Waals surface area contributed by atoms with Crippen LogP contribution in [0.4, 0.5) is 10.1 Å². The minimum Gasteiger partial charge on any atom is -0.489 e. The van der Waals surface area contributed by atoms with E-state index in [1.54, 1.807) is 60.7 Å². The van der Waals surface area contributed by atoms with Crippen LogP contribution in [0.15, 0.2) is 109 Å². The number of nitriles is 1. The molecule has 0 fully saturated rings. The Morgan fingerprint density at radius 1 is 0.881 bits per heavy atom. The van der Waals surface area contributed by atoms with Gasteiger partial charge in [0.15, 0.2) is 0 Å². The molecule has 0 heterocycles. The average Bonchev–Trinajstić information content (AvgIpc) is 3.00. The van der Waals surface area contributed by atoms with Crippen molar-refractivity contribution in [3.05, 3.63) is 141 Å². The summed E-state index contributed by atoms with van der Waals surface area (Å²) in [4.78, 5) is 13.1. The summed E-state index contributed by atoms with van der Waals surface area (Å²) in [7, 11) is 0. The van der Waals surface area contributed by atoms with Gasteiger partial charge in [-0.05, 0) is 77.0 Å². The van der Waals surface area contributed by atoms with Crippen molar-refractivity contribution in [3.63, 3.8) is 0 Å². The average molecular weight is 597 g/mol. The highest BCUT2D eigenvalue weighted by atomic mass is 35.5. The second kappa shape index (κ2) is 13.2. The van der Waals surface area contributed by atoms with Gasteiger partial charge >= 0.3 is 0 Å². The van der Waals surface area contributed by atoms with E-state index in [0.29, 0.717) is 32.8 Å². The summed E-state index contributed by atoms with van der Waals surface area (Å²) in [5, 5.41) is 15.5. The molecule has 0 aromatic heterocycles. The summed E-state index contributed by atoms with van der Waals surface area (Å²) in [5.41, 5.74) is 2.55. The van der Waals surface area contributed by atoms with Crippen molar-refractivity contribution in [2.24, 2.45) is 0 Å². The Hall–Kier alpha value is -4.83. The normalized spacial score (nSPS) is 11.1. The maximum absolute atomic E-state index is 13.3. The second-order valence-electron chi connectivity index (χ2n) is 9.29. The summed E-state index contributed by atoms with van der Waals surface area (Å²) < 4.78 is 25.2. The van der Waals surface area contributed by atoms with E-state index in [1.165, 1.54) is 18.2 Å². The fourth-order valence-electron chi connectivity index (χ4n) is 4.22. The maximum atomic E-state index is 13.3. The number of fused-ring (bicyclic) bond motifs is 1. The SMILES string of the molecule is N#C/C(=C\c1c(OCc2ccc(F)cc2)ccc2ccccc12)C(=O)Nc1ccc(OCc2ccc(Cl)cc2Cl)cc1. The number of nitrogens with one attached hydrogen (secondary N) is 1. The Labute approximate surface area is 252 Å². The molecule has 5 aromatic rings. The number of carbonyl (C=O) groups is 1. The van der Waals surface area contributed by atoms with Crippen LogP contribution in [0.1, 0.15) is 16.7 Å². The molecular formula is C34H23Cl2FN2O3. The van der Waals surface area contributed by atoms with Gasteiger partial charge in [0.25, 0.3) is 5.91 Å². The number of ether oxygens (including phenoxy) is 2. The lowest BCUT2D eigenvalue weighted by atomic mass is 10.0. The molecule has 5 nitrogen and oxygen atoms in total. The van der Waals surface area contributed by atoms with Gasteiger partial charge in [-0.15, -0.1) is 0 Å². The molecule has 0 bridgehead atoms. The first-order valence-corrected chi connectivity index (χ1v) is 13.6. The molecule has 208 valence electrons. The third kappa shape index (κ3) is 7.08. The smallest absolute Gasteiger partial charge is 0.266 e. The van der Waals surface area contributed by atoms with Gasteiger partial charge in [-0.2, -0.15) is 5.26 Å². The van der Waals surface area contributed by atoms with Gasteiger partial charge in [0.05, 0.1) is 0 Å². The van der Waals surface area contributed by atoms with Crippen LogP contribution in [0.2, 0.25) is 10.0 Å². The second-order valence-corrected chi connectivity index (χ2v) is 10.1. The van der Waals surface area contributed by atoms with E-state index >= 15 is 0 Å². The molecule has 42 heavy (non-hydrogen) atoms. The van der Waals surface area contributed by atoms with Crippen molar-refractivity contribution in [1.29, 1.82) is 5.26 Å². The molecule has 0 atom stereocenters. The van der Waals surface area contributed by atoms with Crippen molar-refractivity contribution < 1.29 is 18.7 Å². The number of hydrogen-bond acceptors (Lipinski definition) is 4. The molecule has 0 saturated carbocycles. The number of anilines is 1. The topological polar surface area (TPSA) is 71.3 Å².